The van der Waals surface area contributed by atoms with Crippen LogP contribution in [0.15, 0.2) is 29.2 Å². The number of benzene rings is 1. The average Bonchev–Trinajstić information content (AvgIpc) is 2.28. The lowest BCUT2D eigenvalue weighted by Crippen LogP contribution is -2.36. The number of hydrogen-bond donors (Lipinski definition) is 1. The number of rotatable bonds is 4. The third-order valence-electron chi connectivity index (χ3n) is 2.71. The Balaban J connectivity index is 2.80. The summed E-state index contributed by atoms with van der Waals surface area (Å²) >= 11 is 1.60. The molecule has 0 spiro atoms. The van der Waals surface area contributed by atoms with Gasteiger partial charge in [-0.05, 0) is 31.2 Å². The van der Waals surface area contributed by atoms with Crippen LogP contribution in [-0.4, -0.2) is 18.2 Å². The quantitative estimate of drug-likeness (QED) is 0.815. The molecule has 0 fully saturated rings. The zero-order chi connectivity index (χ0) is 12.1. The second-order valence-corrected chi connectivity index (χ2v) is 5.05. The van der Waals surface area contributed by atoms with E-state index in [0.29, 0.717) is 5.92 Å². The summed E-state index contributed by atoms with van der Waals surface area (Å²) in [5.41, 5.74) is 0.766. The zero-order valence-corrected chi connectivity index (χ0v) is 11.1. The van der Waals surface area contributed by atoms with Crippen LogP contribution >= 0.6 is 11.8 Å². The van der Waals surface area contributed by atoms with Crippen LogP contribution in [0.3, 0.4) is 0 Å². The lowest BCUT2D eigenvalue weighted by atomic mass is 10.1. The van der Waals surface area contributed by atoms with Crippen molar-refractivity contribution in [2.24, 2.45) is 5.92 Å². The Kier molecular flexibility index (Phi) is 4.87. The van der Waals surface area contributed by atoms with E-state index in [9.17, 15) is 4.79 Å². The van der Waals surface area contributed by atoms with Gasteiger partial charge in [0.15, 0.2) is 0 Å². The SMILES string of the molecule is CSc1ccccc1C(=O)N[C@H](C)C(C)C. The van der Waals surface area contributed by atoms with Crippen molar-refractivity contribution in [3.05, 3.63) is 29.8 Å². The van der Waals surface area contributed by atoms with Crippen LogP contribution in [0.4, 0.5) is 0 Å². The maximum atomic E-state index is 12.0. The minimum Gasteiger partial charge on any atom is -0.349 e. The second kappa shape index (κ2) is 5.94. The first-order valence-electron chi connectivity index (χ1n) is 5.50. The number of nitrogens with one attached hydrogen (secondary N) is 1. The molecule has 0 bridgehead atoms. The molecule has 0 aliphatic heterocycles. The largest absolute Gasteiger partial charge is 0.349 e. The predicted molar refractivity (Wildman–Crippen MR) is 70.0 cm³/mol. The molecule has 0 heterocycles. The molecule has 1 aromatic carbocycles. The summed E-state index contributed by atoms with van der Waals surface area (Å²) in [7, 11) is 0. The summed E-state index contributed by atoms with van der Waals surface area (Å²) in [6, 6.07) is 7.89. The van der Waals surface area contributed by atoms with Gasteiger partial charge in [-0.25, -0.2) is 0 Å². The van der Waals surface area contributed by atoms with Gasteiger partial charge < -0.3 is 5.32 Å². The fourth-order valence-electron chi connectivity index (χ4n) is 1.28. The van der Waals surface area contributed by atoms with E-state index in [0.717, 1.165) is 10.5 Å². The minimum absolute atomic E-state index is 0.0196. The highest BCUT2D eigenvalue weighted by molar-refractivity contribution is 7.98. The molecular weight excluding hydrogens is 218 g/mol. The average molecular weight is 237 g/mol. The van der Waals surface area contributed by atoms with E-state index in [1.807, 2.05) is 37.4 Å². The molecule has 3 heteroatoms. The highest BCUT2D eigenvalue weighted by Crippen LogP contribution is 2.19. The Morgan fingerprint density at radius 1 is 1.25 bits per heavy atom. The Hall–Kier alpha value is -0.960. The van der Waals surface area contributed by atoms with Crippen molar-refractivity contribution >= 4 is 17.7 Å². The van der Waals surface area contributed by atoms with Gasteiger partial charge in [-0.1, -0.05) is 26.0 Å². The first kappa shape index (κ1) is 13.1. The Morgan fingerprint density at radius 2 is 1.88 bits per heavy atom. The standard InChI is InChI=1S/C13H19NOS/c1-9(2)10(3)14-13(15)11-7-5-6-8-12(11)16-4/h5-10H,1-4H3,(H,14,15)/t10-/m1/s1. The van der Waals surface area contributed by atoms with Crippen molar-refractivity contribution in [3.63, 3.8) is 0 Å². The topological polar surface area (TPSA) is 29.1 Å². The molecule has 1 atom stereocenters. The summed E-state index contributed by atoms with van der Waals surface area (Å²) in [4.78, 5) is 13.0. The molecule has 0 saturated heterocycles. The maximum absolute atomic E-state index is 12.0. The van der Waals surface area contributed by atoms with E-state index >= 15 is 0 Å². The summed E-state index contributed by atoms with van der Waals surface area (Å²) < 4.78 is 0. The first-order chi connectivity index (χ1) is 7.56. The molecule has 0 saturated carbocycles. The molecule has 1 amide bonds. The molecule has 0 aliphatic carbocycles. The normalized spacial score (nSPS) is 12.6. The van der Waals surface area contributed by atoms with E-state index in [1.54, 1.807) is 11.8 Å². The Bertz CT molecular complexity index is 363. The van der Waals surface area contributed by atoms with Gasteiger partial charge in [0.05, 0.1) is 5.56 Å². The monoisotopic (exact) mass is 237 g/mol. The van der Waals surface area contributed by atoms with Crippen molar-refractivity contribution in [3.8, 4) is 0 Å². The van der Waals surface area contributed by atoms with Crippen LogP contribution < -0.4 is 5.32 Å². The van der Waals surface area contributed by atoms with Gasteiger partial charge in [0.2, 0.25) is 0 Å². The van der Waals surface area contributed by atoms with Gasteiger partial charge in [-0.15, -0.1) is 11.8 Å². The zero-order valence-electron chi connectivity index (χ0n) is 10.3. The van der Waals surface area contributed by atoms with Crippen molar-refractivity contribution in [2.75, 3.05) is 6.26 Å². The van der Waals surface area contributed by atoms with Crippen LogP contribution in [0.1, 0.15) is 31.1 Å². The Morgan fingerprint density at radius 3 is 2.44 bits per heavy atom. The van der Waals surface area contributed by atoms with Crippen molar-refractivity contribution in [2.45, 2.75) is 31.7 Å². The molecule has 0 aliphatic rings. The van der Waals surface area contributed by atoms with Gasteiger partial charge in [0.1, 0.15) is 0 Å². The molecule has 1 aromatic rings. The third kappa shape index (κ3) is 3.27. The lowest BCUT2D eigenvalue weighted by molar-refractivity contribution is 0.0927. The van der Waals surface area contributed by atoms with Crippen LogP contribution in [0.5, 0.6) is 0 Å². The Labute approximate surface area is 102 Å². The van der Waals surface area contributed by atoms with Gasteiger partial charge in [-0.3, -0.25) is 4.79 Å². The lowest BCUT2D eigenvalue weighted by Gasteiger charge is -2.18. The molecule has 0 aromatic heterocycles. The van der Waals surface area contributed by atoms with Crippen LogP contribution in [-0.2, 0) is 0 Å². The molecule has 2 nitrogen and oxygen atoms in total. The molecule has 16 heavy (non-hydrogen) atoms. The van der Waals surface area contributed by atoms with Gasteiger partial charge >= 0.3 is 0 Å². The van der Waals surface area contributed by atoms with Crippen molar-refractivity contribution in [1.82, 2.24) is 5.32 Å². The van der Waals surface area contributed by atoms with Crippen LogP contribution in [0, 0.1) is 5.92 Å². The second-order valence-electron chi connectivity index (χ2n) is 4.21. The predicted octanol–water partition coefficient (Wildman–Crippen LogP) is 3.18. The van der Waals surface area contributed by atoms with Crippen LogP contribution in [0.25, 0.3) is 0 Å². The van der Waals surface area contributed by atoms with E-state index in [4.69, 9.17) is 0 Å². The maximum Gasteiger partial charge on any atom is 0.252 e. The number of amides is 1. The summed E-state index contributed by atoms with van der Waals surface area (Å²) in [5.74, 6) is 0.469. The van der Waals surface area contributed by atoms with Gasteiger partial charge in [-0.2, -0.15) is 0 Å². The van der Waals surface area contributed by atoms with E-state index in [1.165, 1.54) is 0 Å². The smallest absolute Gasteiger partial charge is 0.252 e. The summed E-state index contributed by atoms with van der Waals surface area (Å²) in [5, 5.41) is 3.02. The summed E-state index contributed by atoms with van der Waals surface area (Å²) in [6.07, 6.45) is 1.98. The van der Waals surface area contributed by atoms with Crippen molar-refractivity contribution < 1.29 is 4.79 Å². The van der Waals surface area contributed by atoms with Gasteiger partial charge in [0, 0.05) is 10.9 Å². The minimum atomic E-state index is 0.0196. The molecule has 1 rings (SSSR count). The molecule has 0 radical (unpaired) electrons. The van der Waals surface area contributed by atoms with E-state index in [2.05, 4.69) is 19.2 Å². The highest BCUT2D eigenvalue weighted by Gasteiger charge is 2.14. The fraction of sp³-hybridized carbons (Fsp3) is 0.462. The molecule has 88 valence electrons. The van der Waals surface area contributed by atoms with Crippen LogP contribution in [0.2, 0.25) is 0 Å². The van der Waals surface area contributed by atoms with E-state index < -0.39 is 0 Å². The third-order valence-corrected chi connectivity index (χ3v) is 3.51. The number of carbonyl (C=O) groups excluding carboxylic acids is 1. The number of thioether (sulfide) groups is 1. The first-order valence-corrected chi connectivity index (χ1v) is 6.72. The molecule has 0 unspecified atom stereocenters. The fourth-order valence-corrected chi connectivity index (χ4v) is 1.88. The molecule has 1 N–H and O–H groups in total. The number of carbonyl (C=O) groups is 1. The van der Waals surface area contributed by atoms with Crippen molar-refractivity contribution in [1.29, 1.82) is 0 Å². The van der Waals surface area contributed by atoms with Gasteiger partial charge in [0.25, 0.3) is 5.91 Å². The highest BCUT2D eigenvalue weighted by atomic mass is 32.2. The number of hydrogen-bond acceptors (Lipinski definition) is 2. The van der Waals surface area contributed by atoms with E-state index in [-0.39, 0.29) is 11.9 Å². The molecular formula is C13H19NOS. The summed E-state index contributed by atoms with van der Waals surface area (Å²) in [6.45, 7) is 6.24.